The van der Waals surface area contributed by atoms with E-state index in [9.17, 15) is 13.2 Å². The van der Waals surface area contributed by atoms with Crippen LogP contribution in [-0.2, 0) is 6.42 Å². The maximum atomic E-state index is 12.3. The van der Waals surface area contributed by atoms with Gasteiger partial charge in [-0.25, -0.2) is 0 Å². The molecule has 1 nitrogen and oxygen atoms in total. The van der Waals surface area contributed by atoms with Crippen LogP contribution in [0.25, 0.3) is 11.1 Å². The third kappa shape index (κ3) is 6.52. The van der Waals surface area contributed by atoms with Gasteiger partial charge in [-0.15, -0.1) is 13.2 Å². The van der Waals surface area contributed by atoms with E-state index in [0.717, 1.165) is 29.4 Å². The number of alkyl halides is 3. The van der Waals surface area contributed by atoms with Crippen LogP contribution in [0.3, 0.4) is 0 Å². The normalized spacial score (nSPS) is 21.0. The highest BCUT2D eigenvalue weighted by molar-refractivity contribution is 5.64. The van der Waals surface area contributed by atoms with Crippen LogP contribution >= 0.6 is 0 Å². The molecule has 1 saturated carbocycles. The molecule has 1 aliphatic carbocycles. The van der Waals surface area contributed by atoms with Crippen molar-refractivity contribution in [1.82, 2.24) is 0 Å². The minimum Gasteiger partial charge on any atom is -0.406 e. The fourth-order valence-electron chi connectivity index (χ4n) is 4.67. The van der Waals surface area contributed by atoms with E-state index in [1.54, 1.807) is 12.1 Å². The standard InChI is InChI=1S/C25H31F3O/c1-3-4-19-5-9-21(10-6-19)18(2)17-20-7-11-22(12-8-20)23-13-15-24(16-14-23)29-25(26,27)28/h7-8,11-16,18-19,21H,3-6,9-10,17H2,1-2H3. The van der Waals surface area contributed by atoms with Gasteiger partial charge in [-0.1, -0.05) is 75.9 Å². The Morgan fingerprint density at radius 3 is 1.97 bits per heavy atom. The summed E-state index contributed by atoms with van der Waals surface area (Å²) in [6, 6.07) is 14.4. The Labute approximate surface area is 172 Å². The second-order valence-electron chi connectivity index (χ2n) is 8.52. The average molecular weight is 405 g/mol. The lowest BCUT2D eigenvalue weighted by molar-refractivity contribution is -0.274. The Balaban J connectivity index is 1.55. The molecule has 3 rings (SSSR count). The van der Waals surface area contributed by atoms with Crippen molar-refractivity contribution in [2.24, 2.45) is 17.8 Å². The van der Waals surface area contributed by atoms with Crippen molar-refractivity contribution in [3.8, 4) is 16.9 Å². The smallest absolute Gasteiger partial charge is 0.406 e. The number of halogens is 3. The number of benzene rings is 2. The van der Waals surface area contributed by atoms with Gasteiger partial charge in [0.1, 0.15) is 5.75 Å². The number of ether oxygens (including phenoxy) is 1. The van der Waals surface area contributed by atoms with E-state index in [1.807, 2.05) is 0 Å². The maximum absolute atomic E-state index is 12.3. The fourth-order valence-corrected chi connectivity index (χ4v) is 4.67. The van der Waals surface area contributed by atoms with Gasteiger partial charge in [0, 0.05) is 0 Å². The molecule has 0 N–H and O–H groups in total. The quantitative estimate of drug-likeness (QED) is 0.454. The highest BCUT2D eigenvalue weighted by atomic mass is 19.4. The Kier molecular flexibility index (Phi) is 7.26. The zero-order chi connectivity index (χ0) is 20.9. The Morgan fingerprint density at radius 2 is 1.45 bits per heavy atom. The van der Waals surface area contributed by atoms with E-state index in [-0.39, 0.29) is 5.75 Å². The molecule has 158 valence electrons. The molecule has 0 spiro atoms. The van der Waals surface area contributed by atoms with Crippen molar-refractivity contribution < 1.29 is 17.9 Å². The van der Waals surface area contributed by atoms with E-state index in [1.165, 1.54) is 56.2 Å². The van der Waals surface area contributed by atoms with Crippen molar-refractivity contribution in [1.29, 1.82) is 0 Å². The van der Waals surface area contributed by atoms with Gasteiger partial charge < -0.3 is 4.74 Å². The van der Waals surface area contributed by atoms with Crippen molar-refractivity contribution >= 4 is 0 Å². The second kappa shape index (κ2) is 9.69. The summed E-state index contributed by atoms with van der Waals surface area (Å²) in [6.07, 6.45) is 4.59. The fraction of sp³-hybridized carbons (Fsp3) is 0.520. The minimum absolute atomic E-state index is 0.194. The van der Waals surface area contributed by atoms with E-state index >= 15 is 0 Å². The number of rotatable bonds is 7. The molecule has 0 amide bonds. The first-order chi connectivity index (χ1) is 13.8. The highest BCUT2D eigenvalue weighted by Gasteiger charge is 2.31. The Hall–Kier alpha value is -1.97. The summed E-state index contributed by atoms with van der Waals surface area (Å²) >= 11 is 0. The molecule has 0 saturated heterocycles. The van der Waals surface area contributed by atoms with Gasteiger partial charge in [-0.05, 0) is 65.8 Å². The molecular weight excluding hydrogens is 373 g/mol. The van der Waals surface area contributed by atoms with Crippen LogP contribution < -0.4 is 4.74 Å². The van der Waals surface area contributed by atoms with Gasteiger partial charge in [0.15, 0.2) is 0 Å². The van der Waals surface area contributed by atoms with Gasteiger partial charge in [-0.3, -0.25) is 0 Å². The van der Waals surface area contributed by atoms with Crippen LogP contribution in [-0.4, -0.2) is 6.36 Å². The van der Waals surface area contributed by atoms with Crippen LogP contribution in [0.4, 0.5) is 13.2 Å². The van der Waals surface area contributed by atoms with E-state index in [4.69, 9.17) is 0 Å². The molecule has 1 fully saturated rings. The van der Waals surface area contributed by atoms with Crippen LogP contribution in [0.5, 0.6) is 5.75 Å². The lowest BCUT2D eigenvalue weighted by atomic mass is 9.74. The zero-order valence-electron chi connectivity index (χ0n) is 17.3. The van der Waals surface area contributed by atoms with E-state index < -0.39 is 6.36 Å². The molecule has 29 heavy (non-hydrogen) atoms. The van der Waals surface area contributed by atoms with Crippen LogP contribution in [0.2, 0.25) is 0 Å². The largest absolute Gasteiger partial charge is 0.573 e. The van der Waals surface area contributed by atoms with Crippen LogP contribution in [0.15, 0.2) is 48.5 Å². The molecule has 2 aromatic carbocycles. The molecule has 4 heteroatoms. The van der Waals surface area contributed by atoms with E-state index in [0.29, 0.717) is 5.92 Å². The number of hydrogen-bond donors (Lipinski definition) is 0. The Morgan fingerprint density at radius 1 is 0.897 bits per heavy atom. The molecule has 0 aliphatic heterocycles. The van der Waals surface area contributed by atoms with Crippen molar-refractivity contribution in [3.63, 3.8) is 0 Å². The molecule has 1 unspecified atom stereocenters. The molecule has 0 radical (unpaired) electrons. The first-order valence-electron chi connectivity index (χ1n) is 10.8. The molecule has 1 atom stereocenters. The molecular formula is C25H31F3O. The molecule has 2 aromatic rings. The van der Waals surface area contributed by atoms with Crippen molar-refractivity contribution in [2.45, 2.75) is 65.2 Å². The monoisotopic (exact) mass is 404 g/mol. The maximum Gasteiger partial charge on any atom is 0.573 e. The SMILES string of the molecule is CCCC1CCC(C(C)Cc2ccc(-c3ccc(OC(F)(F)F)cc3)cc2)CC1. The lowest BCUT2D eigenvalue weighted by Crippen LogP contribution is -2.21. The van der Waals surface area contributed by atoms with Crippen molar-refractivity contribution in [3.05, 3.63) is 54.1 Å². The predicted octanol–water partition coefficient (Wildman–Crippen LogP) is 8.04. The summed E-state index contributed by atoms with van der Waals surface area (Å²) in [5, 5.41) is 0. The van der Waals surface area contributed by atoms with Gasteiger partial charge in [0.05, 0.1) is 0 Å². The summed E-state index contributed by atoms with van der Waals surface area (Å²) in [4.78, 5) is 0. The Bertz CT molecular complexity index is 741. The summed E-state index contributed by atoms with van der Waals surface area (Å²) in [5.74, 6) is 2.25. The number of hydrogen-bond acceptors (Lipinski definition) is 1. The van der Waals surface area contributed by atoms with Gasteiger partial charge >= 0.3 is 6.36 Å². The highest BCUT2D eigenvalue weighted by Crippen LogP contribution is 2.36. The lowest BCUT2D eigenvalue weighted by Gasteiger charge is -2.32. The molecule has 0 bridgehead atoms. The third-order valence-electron chi connectivity index (χ3n) is 6.33. The van der Waals surface area contributed by atoms with Crippen LogP contribution in [0.1, 0.15) is 57.9 Å². The first-order valence-corrected chi connectivity index (χ1v) is 10.8. The predicted molar refractivity (Wildman–Crippen MR) is 112 cm³/mol. The van der Waals surface area contributed by atoms with Gasteiger partial charge in [0.2, 0.25) is 0 Å². The molecule has 1 aliphatic rings. The third-order valence-corrected chi connectivity index (χ3v) is 6.33. The summed E-state index contributed by atoms with van der Waals surface area (Å²) in [6.45, 7) is 4.65. The summed E-state index contributed by atoms with van der Waals surface area (Å²) in [5.41, 5.74) is 3.21. The van der Waals surface area contributed by atoms with Crippen molar-refractivity contribution in [2.75, 3.05) is 0 Å². The van der Waals surface area contributed by atoms with Crippen LogP contribution in [0, 0.1) is 17.8 Å². The minimum atomic E-state index is -4.66. The molecule has 0 aromatic heterocycles. The van der Waals surface area contributed by atoms with E-state index in [2.05, 4.69) is 42.8 Å². The first kappa shape index (κ1) is 21.7. The van der Waals surface area contributed by atoms with Gasteiger partial charge in [-0.2, -0.15) is 0 Å². The summed E-state index contributed by atoms with van der Waals surface area (Å²) in [7, 11) is 0. The average Bonchev–Trinajstić information content (AvgIpc) is 2.69. The van der Waals surface area contributed by atoms with Gasteiger partial charge in [0.25, 0.3) is 0 Å². The molecule has 0 heterocycles. The zero-order valence-corrected chi connectivity index (χ0v) is 17.3. The summed E-state index contributed by atoms with van der Waals surface area (Å²) < 4.78 is 40.8. The topological polar surface area (TPSA) is 9.23 Å². The second-order valence-corrected chi connectivity index (χ2v) is 8.52.